The van der Waals surface area contributed by atoms with Gasteiger partial charge in [-0.15, -0.1) is 0 Å². The second-order valence-electron chi connectivity index (χ2n) is 5.23. The molecule has 4 nitrogen and oxygen atoms in total. The summed E-state index contributed by atoms with van der Waals surface area (Å²) in [6.07, 6.45) is 4.29. The molecule has 0 atom stereocenters. The number of rotatable bonds is 1. The van der Waals surface area contributed by atoms with Gasteiger partial charge < -0.3 is 10.6 Å². The lowest BCUT2D eigenvalue weighted by Gasteiger charge is -2.37. The van der Waals surface area contributed by atoms with Gasteiger partial charge in [0.15, 0.2) is 5.82 Å². The zero-order valence-electron chi connectivity index (χ0n) is 9.82. The van der Waals surface area contributed by atoms with Gasteiger partial charge in [-0.05, 0) is 18.3 Å². The van der Waals surface area contributed by atoms with Crippen molar-refractivity contribution in [3.8, 4) is 0 Å². The van der Waals surface area contributed by atoms with E-state index in [4.69, 9.17) is 5.73 Å². The molecule has 15 heavy (non-hydrogen) atoms. The summed E-state index contributed by atoms with van der Waals surface area (Å²) in [6, 6.07) is 0. The number of piperidine rings is 1. The van der Waals surface area contributed by atoms with E-state index in [1.165, 1.54) is 12.8 Å². The van der Waals surface area contributed by atoms with Crippen molar-refractivity contribution >= 4 is 11.5 Å². The third-order valence-electron chi connectivity index (χ3n) is 3.25. The second kappa shape index (κ2) is 3.43. The summed E-state index contributed by atoms with van der Waals surface area (Å²) < 4.78 is 1.78. The summed E-state index contributed by atoms with van der Waals surface area (Å²) in [4.78, 5) is 2.29. The number of hydrogen-bond acceptors (Lipinski definition) is 3. The van der Waals surface area contributed by atoms with Gasteiger partial charge in [0.1, 0.15) is 0 Å². The molecule has 1 aromatic rings. The van der Waals surface area contributed by atoms with Gasteiger partial charge in [-0.1, -0.05) is 13.8 Å². The Morgan fingerprint density at radius 1 is 1.33 bits per heavy atom. The molecule has 84 valence electrons. The zero-order valence-corrected chi connectivity index (χ0v) is 9.82. The number of nitrogens with two attached hydrogens (primary N) is 1. The lowest BCUT2D eigenvalue weighted by molar-refractivity contribution is 0.279. The van der Waals surface area contributed by atoms with E-state index in [0.717, 1.165) is 24.6 Å². The molecular formula is C11H20N4. The molecule has 0 spiro atoms. The first-order chi connectivity index (χ1) is 6.98. The van der Waals surface area contributed by atoms with Crippen LogP contribution in [0, 0.1) is 5.41 Å². The molecule has 1 aliphatic rings. The van der Waals surface area contributed by atoms with Crippen LogP contribution in [-0.2, 0) is 7.05 Å². The molecule has 0 saturated carbocycles. The molecule has 0 amide bonds. The lowest BCUT2D eigenvalue weighted by Crippen LogP contribution is -2.37. The minimum absolute atomic E-state index is 0.472. The van der Waals surface area contributed by atoms with Crippen LogP contribution >= 0.6 is 0 Å². The monoisotopic (exact) mass is 208 g/mol. The topological polar surface area (TPSA) is 47.1 Å². The fourth-order valence-corrected chi connectivity index (χ4v) is 2.06. The number of aryl methyl sites for hydroxylation is 1. The molecule has 0 bridgehead atoms. The number of nitrogens with zero attached hydrogens (tertiary/aromatic N) is 3. The molecule has 0 aliphatic carbocycles. The van der Waals surface area contributed by atoms with Crippen molar-refractivity contribution in [2.75, 3.05) is 23.7 Å². The predicted molar refractivity (Wildman–Crippen MR) is 62.8 cm³/mol. The van der Waals surface area contributed by atoms with Crippen LogP contribution in [0.1, 0.15) is 26.7 Å². The standard InChI is InChI=1S/C11H20N4/c1-11(2)4-6-15(7-5-11)10-9(12)8-14(3)13-10/h8H,4-7,12H2,1-3H3. The Morgan fingerprint density at radius 3 is 2.40 bits per heavy atom. The Balaban J connectivity index is 2.11. The molecule has 2 rings (SSSR count). The molecule has 2 N–H and O–H groups in total. The summed E-state index contributed by atoms with van der Waals surface area (Å²) in [5.74, 6) is 0.952. The summed E-state index contributed by atoms with van der Waals surface area (Å²) >= 11 is 0. The van der Waals surface area contributed by atoms with Crippen molar-refractivity contribution in [1.82, 2.24) is 9.78 Å². The van der Waals surface area contributed by atoms with Gasteiger partial charge in [-0.3, -0.25) is 4.68 Å². The largest absolute Gasteiger partial charge is 0.394 e. The summed E-state index contributed by atoms with van der Waals surface area (Å²) in [6.45, 7) is 6.78. The van der Waals surface area contributed by atoms with E-state index in [-0.39, 0.29) is 0 Å². The van der Waals surface area contributed by atoms with Crippen LogP contribution < -0.4 is 10.6 Å². The third-order valence-corrected chi connectivity index (χ3v) is 3.25. The van der Waals surface area contributed by atoms with E-state index < -0.39 is 0 Å². The maximum atomic E-state index is 5.91. The molecule has 2 heterocycles. The van der Waals surface area contributed by atoms with Crippen molar-refractivity contribution in [3.63, 3.8) is 0 Å². The van der Waals surface area contributed by atoms with Gasteiger partial charge in [0.25, 0.3) is 0 Å². The van der Waals surface area contributed by atoms with E-state index in [0.29, 0.717) is 5.41 Å². The Kier molecular flexibility index (Phi) is 2.37. The first-order valence-corrected chi connectivity index (χ1v) is 5.52. The number of aromatic nitrogens is 2. The fraction of sp³-hybridized carbons (Fsp3) is 0.727. The minimum Gasteiger partial charge on any atom is -0.394 e. The maximum Gasteiger partial charge on any atom is 0.173 e. The van der Waals surface area contributed by atoms with Crippen LogP contribution in [0.5, 0.6) is 0 Å². The van der Waals surface area contributed by atoms with Crippen LogP contribution in [-0.4, -0.2) is 22.9 Å². The third kappa shape index (κ3) is 2.08. The number of nitrogen functional groups attached to an aromatic ring is 1. The number of anilines is 2. The Labute approximate surface area is 91.1 Å². The van der Waals surface area contributed by atoms with E-state index in [2.05, 4.69) is 23.8 Å². The van der Waals surface area contributed by atoms with Crippen LogP contribution in [0.25, 0.3) is 0 Å². The van der Waals surface area contributed by atoms with Crippen molar-refractivity contribution in [1.29, 1.82) is 0 Å². The van der Waals surface area contributed by atoms with Crippen molar-refractivity contribution in [2.24, 2.45) is 12.5 Å². The molecule has 1 fully saturated rings. The van der Waals surface area contributed by atoms with Gasteiger partial charge in [0, 0.05) is 26.3 Å². The highest BCUT2D eigenvalue weighted by Gasteiger charge is 2.27. The predicted octanol–water partition coefficient (Wildman–Crippen LogP) is 1.63. The highest BCUT2D eigenvalue weighted by atomic mass is 15.3. The fourth-order valence-electron chi connectivity index (χ4n) is 2.06. The normalized spacial score (nSPS) is 20.6. The van der Waals surface area contributed by atoms with Crippen LogP contribution in [0.4, 0.5) is 11.5 Å². The molecule has 1 saturated heterocycles. The Hall–Kier alpha value is -1.19. The zero-order chi connectivity index (χ0) is 11.1. The quantitative estimate of drug-likeness (QED) is 0.763. The Morgan fingerprint density at radius 2 is 1.93 bits per heavy atom. The van der Waals surface area contributed by atoms with Crippen LogP contribution in [0.3, 0.4) is 0 Å². The van der Waals surface area contributed by atoms with Gasteiger partial charge >= 0.3 is 0 Å². The highest BCUT2D eigenvalue weighted by molar-refractivity contribution is 5.61. The van der Waals surface area contributed by atoms with Gasteiger partial charge in [0.05, 0.1) is 5.69 Å². The molecule has 0 unspecified atom stereocenters. The smallest absolute Gasteiger partial charge is 0.173 e. The average molecular weight is 208 g/mol. The van der Waals surface area contributed by atoms with Gasteiger partial charge in [-0.25, -0.2) is 0 Å². The summed E-state index contributed by atoms with van der Waals surface area (Å²) in [5.41, 5.74) is 7.18. The van der Waals surface area contributed by atoms with E-state index >= 15 is 0 Å². The first-order valence-electron chi connectivity index (χ1n) is 5.52. The first kappa shape index (κ1) is 10.3. The van der Waals surface area contributed by atoms with Crippen LogP contribution in [0.2, 0.25) is 0 Å². The lowest BCUT2D eigenvalue weighted by atomic mass is 9.83. The number of hydrogen-bond donors (Lipinski definition) is 1. The highest BCUT2D eigenvalue weighted by Crippen LogP contribution is 2.33. The molecule has 0 radical (unpaired) electrons. The minimum atomic E-state index is 0.472. The van der Waals surface area contributed by atoms with E-state index in [1.807, 2.05) is 13.2 Å². The maximum absolute atomic E-state index is 5.91. The van der Waals surface area contributed by atoms with Crippen LogP contribution in [0.15, 0.2) is 6.20 Å². The SMILES string of the molecule is Cn1cc(N)c(N2CCC(C)(C)CC2)n1. The molecule has 4 heteroatoms. The van der Waals surface area contributed by atoms with E-state index in [9.17, 15) is 0 Å². The van der Waals surface area contributed by atoms with E-state index in [1.54, 1.807) is 4.68 Å². The molecular weight excluding hydrogens is 188 g/mol. The molecule has 0 aromatic carbocycles. The van der Waals surface area contributed by atoms with Gasteiger partial charge in [-0.2, -0.15) is 5.10 Å². The van der Waals surface area contributed by atoms with Crippen molar-refractivity contribution in [2.45, 2.75) is 26.7 Å². The van der Waals surface area contributed by atoms with Gasteiger partial charge in [0.2, 0.25) is 0 Å². The Bertz CT molecular complexity index is 343. The molecule has 1 aliphatic heterocycles. The summed E-state index contributed by atoms with van der Waals surface area (Å²) in [5, 5.41) is 4.40. The average Bonchev–Trinajstić information content (AvgIpc) is 2.45. The molecule has 1 aromatic heterocycles. The van der Waals surface area contributed by atoms with Crippen molar-refractivity contribution in [3.05, 3.63) is 6.20 Å². The summed E-state index contributed by atoms with van der Waals surface area (Å²) in [7, 11) is 1.91. The second-order valence-corrected chi connectivity index (χ2v) is 5.23. The van der Waals surface area contributed by atoms with Crippen molar-refractivity contribution < 1.29 is 0 Å².